The number of guanidine groups is 1. The Kier molecular flexibility index (Phi) is 9.38. The van der Waals surface area contributed by atoms with Crippen molar-refractivity contribution in [2.24, 2.45) is 10.4 Å². The van der Waals surface area contributed by atoms with Crippen LogP contribution in [0.5, 0.6) is 0 Å². The largest absolute Gasteiger partial charge is 0.467 e. The van der Waals surface area contributed by atoms with Crippen molar-refractivity contribution >= 4 is 29.9 Å². The summed E-state index contributed by atoms with van der Waals surface area (Å²) in [5.74, 6) is 1.79. The monoisotopic (exact) mass is 491 g/mol. The van der Waals surface area contributed by atoms with Crippen molar-refractivity contribution in [2.45, 2.75) is 64.7 Å². The molecule has 7 heteroatoms. The number of nitrogens with zero attached hydrogens (tertiary/aromatic N) is 1. The van der Waals surface area contributed by atoms with Crippen LogP contribution in [0.1, 0.15) is 51.7 Å². The summed E-state index contributed by atoms with van der Waals surface area (Å²) in [5.41, 5.74) is 0.346. The molecule has 0 bridgehead atoms. The minimum atomic E-state index is 0. The molecule has 6 nitrogen and oxygen atoms in total. The molecule has 0 aliphatic heterocycles. The van der Waals surface area contributed by atoms with E-state index in [2.05, 4.69) is 24.5 Å². The van der Waals surface area contributed by atoms with E-state index in [-0.39, 0.29) is 24.0 Å². The number of rotatable bonds is 10. The third-order valence-electron chi connectivity index (χ3n) is 5.63. The smallest absolute Gasteiger partial charge is 0.191 e. The fourth-order valence-electron chi connectivity index (χ4n) is 4.05. The third-order valence-corrected chi connectivity index (χ3v) is 5.63. The maximum Gasteiger partial charge on any atom is 0.191 e. The van der Waals surface area contributed by atoms with Crippen LogP contribution in [0.2, 0.25) is 0 Å². The van der Waals surface area contributed by atoms with Gasteiger partial charge in [-0.2, -0.15) is 0 Å². The van der Waals surface area contributed by atoms with Gasteiger partial charge in [0.25, 0.3) is 0 Å². The highest BCUT2D eigenvalue weighted by Crippen LogP contribution is 2.57. The van der Waals surface area contributed by atoms with Crippen LogP contribution in [-0.4, -0.2) is 44.4 Å². The summed E-state index contributed by atoms with van der Waals surface area (Å²) >= 11 is 0. The molecular formula is C20H34IN3O3. The number of hydrogen-bond donors (Lipinski definition) is 2. The zero-order chi connectivity index (χ0) is 18.2. The van der Waals surface area contributed by atoms with E-state index in [1.807, 2.05) is 12.1 Å². The van der Waals surface area contributed by atoms with Crippen LogP contribution in [0, 0.1) is 5.41 Å². The van der Waals surface area contributed by atoms with E-state index in [9.17, 15) is 0 Å². The van der Waals surface area contributed by atoms with Crippen molar-refractivity contribution in [1.29, 1.82) is 0 Å². The van der Waals surface area contributed by atoms with Gasteiger partial charge in [0, 0.05) is 37.8 Å². The van der Waals surface area contributed by atoms with E-state index in [4.69, 9.17) is 18.9 Å². The first-order valence-electron chi connectivity index (χ1n) is 10.0. The first-order valence-corrected chi connectivity index (χ1v) is 10.0. The Morgan fingerprint density at radius 1 is 1.37 bits per heavy atom. The number of hydrogen-bond acceptors (Lipinski definition) is 4. The van der Waals surface area contributed by atoms with Crippen LogP contribution in [0.3, 0.4) is 0 Å². The van der Waals surface area contributed by atoms with Crippen molar-refractivity contribution in [3.63, 3.8) is 0 Å². The fourth-order valence-corrected chi connectivity index (χ4v) is 4.05. The van der Waals surface area contributed by atoms with Crippen LogP contribution in [0.4, 0.5) is 0 Å². The Balaban J connectivity index is 0.00000261. The van der Waals surface area contributed by atoms with Crippen molar-refractivity contribution in [3.8, 4) is 0 Å². The lowest BCUT2D eigenvalue weighted by molar-refractivity contribution is -0.168. The number of halogens is 1. The maximum absolute atomic E-state index is 5.94. The predicted molar refractivity (Wildman–Crippen MR) is 118 cm³/mol. The summed E-state index contributed by atoms with van der Waals surface area (Å²) in [7, 11) is 0. The summed E-state index contributed by atoms with van der Waals surface area (Å²) < 4.78 is 16.8. The molecule has 0 amide bonds. The van der Waals surface area contributed by atoms with Gasteiger partial charge in [-0.05, 0) is 51.7 Å². The average molecular weight is 491 g/mol. The highest BCUT2D eigenvalue weighted by Gasteiger charge is 2.59. The van der Waals surface area contributed by atoms with Crippen molar-refractivity contribution < 1.29 is 13.9 Å². The van der Waals surface area contributed by atoms with Gasteiger partial charge < -0.3 is 24.5 Å². The van der Waals surface area contributed by atoms with Crippen LogP contribution < -0.4 is 10.6 Å². The van der Waals surface area contributed by atoms with Crippen LogP contribution in [0.25, 0.3) is 0 Å². The van der Waals surface area contributed by atoms with Crippen molar-refractivity contribution in [2.75, 3.05) is 26.3 Å². The second-order valence-electron chi connectivity index (χ2n) is 7.21. The summed E-state index contributed by atoms with van der Waals surface area (Å²) in [4.78, 5) is 4.71. The molecule has 2 N–H and O–H groups in total. The van der Waals surface area contributed by atoms with Gasteiger partial charge in [-0.1, -0.05) is 6.42 Å². The van der Waals surface area contributed by atoms with E-state index in [0.717, 1.165) is 44.3 Å². The van der Waals surface area contributed by atoms with Gasteiger partial charge in [-0.25, -0.2) is 0 Å². The van der Waals surface area contributed by atoms with Gasteiger partial charge >= 0.3 is 0 Å². The first-order chi connectivity index (χ1) is 12.8. The van der Waals surface area contributed by atoms with E-state index in [1.165, 1.54) is 19.3 Å². The van der Waals surface area contributed by atoms with Crippen molar-refractivity contribution in [1.82, 2.24) is 10.6 Å². The SMILES string of the molecule is CCNC(=NCCCOCc1ccco1)NC1CC(OCC)C12CCC2.I. The molecule has 27 heavy (non-hydrogen) atoms. The highest BCUT2D eigenvalue weighted by molar-refractivity contribution is 14.0. The van der Waals surface area contributed by atoms with Gasteiger partial charge in [0.2, 0.25) is 0 Å². The molecule has 2 fully saturated rings. The van der Waals surface area contributed by atoms with Crippen LogP contribution >= 0.6 is 24.0 Å². The molecule has 1 aromatic heterocycles. The highest BCUT2D eigenvalue weighted by atomic mass is 127. The second-order valence-corrected chi connectivity index (χ2v) is 7.21. The minimum Gasteiger partial charge on any atom is -0.467 e. The number of furan rings is 1. The number of ether oxygens (including phenoxy) is 2. The van der Waals surface area contributed by atoms with Crippen LogP contribution in [-0.2, 0) is 16.1 Å². The van der Waals surface area contributed by atoms with Gasteiger partial charge in [-0.15, -0.1) is 24.0 Å². The quantitative estimate of drug-likeness (QED) is 0.226. The van der Waals surface area contributed by atoms with Gasteiger partial charge in [0.05, 0.1) is 12.4 Å². The molecule has 154 valence electrons. The molecule has 0 aromatic carbocycles. The minimum absolute atomic E-state index is 0. The molecule has 2 unspecified atom stereocenters. The molecule has 0 saturated heterocycles. The number of nitrogens with one attached hydrogen (secondary N) is 2. The molecule has 0 radical (unpaired) electrons. The normalized spacial score (nSPS) is 23.3. The average Bonchev–Trinajstić information content (AvgIpc) is 3.08. The van der Waals surface area contributed by atoms with E-state index < -0.39 is 0 Å². The Hall–Kier alpha value is -0.800. The lowest BCUT2D eigenvalue weighted by atomic mass is 9.51. The molecule has 2 aliphatic carbocycles. The second kappa shape index (κ2) is 11.3. The first kappa shape index (κ1) is 22.5. The zero-order valence-electron chi connectivity index (χ0n) is 16.5. The molecular weight excluding hydrogens is 457 g/mol. The van der Waals surface area contributed by atoms with Crippen molar-refractivity contribution in [3.05, 3.63) is 24.2 Å². The van der Waals surface area contributed by atoms with Crippen LogP contribution in [0.15, 0.2) is 27.8 Å². The molecule has 2 atom stereocenters. The van der Waals surface area contributed by atoms with Gasteiger partial charge in [0.1, 0.15) is 12.4 Å². The summed E-state index contributed by atoms with van der Waals surface area (Å²) in [6.45, 7) is 7.84. The Morgan fingerprint density at radius 3 is 2.85 bits per heavy atom. The zero-order valence-corrected chi connectivity index (χ0v) is 18.9. The molecule has 3 rings (SSSR count). The van der Waals surface area contributed by atoms with Gasteiger partial charge in [0.15, 0.2) is 5.96 Å². The molecule has 2 aliphatic rings. The molecule has 2 saturated carbocycles. The standard InChI is InChI=1S/C20H33N3O3.HI/c1-3-21-19(22-11-7-12-24-15-16-8-5-13-26-16)23-17-14-18(25-4-2)20(17)9-6-10-20;/h5,8,13,17-18H,3-4,6-7,9-12,14-15H2,1-2H3,(H2,21,22,23);1H. The predicted octanol–water partition coefficient (Wildman–Crippen LogP) is 3.71. The van der Waals surface area contributed by atoms with E-state index in [0.29, 0.717) is 30.8 Å². The lowest BCUT2D eigenvalue weighted by Gasteiger charge is -2.61. The molecule has 1 spiro atoms. The Bertz CT molecular complexity index is 561. The molecule has 1 aromatic rings. The van der Waals surface area contributed by atoms with E-state index in [1.54, 1.807) is 6.26 Å². The van der Waals surface area contributed by atoms with Gasteiger partial charge in [-0.3, -0.25) is 4.99 Å². The Labute approximate surface area is 179 Å². The maximum atomic E-state index is 5.94. The Morgan fingerprint density at radius 2 is 2.22 bits per heavy atom. The summed E-state index contributed by atoms with van der Waals surface area (Å²) in [5, 5.41) is 7.02. The fraction of sp³-hybridized carbons (Fsp3) is 0.750. The summed E-state index contributed by atoms with van der Waals surface area (Å²) in [6.07, 6.45) is 7.95. The van der Waals surface area contributed by atoms with E-state index >= 15 is 0 Å². The summed E-state index contributed by atoms with van der Waals surface area (Å²) in [6, 6.07) is 4.29. The topological polar surface area (TPSA) is 68.0 Å². The third kappa shape index (κ3) is 5.60. The molecule has 1 heterocycles. The lowest BCUT2D eigenvalue weighted by Crippen LogP contribution is -2.68. The number of aliphatic imine (C=N–C) groups is 1.